The SMILES string of the molecule is COc1ccc(-c2nnc(SCC(=O)Nc3ccccc3C(=O)NC3CC3)o2)cc1. The van der Waals surface area contributed by atoms with Crippen molar-refractivity contribution >= 4 is 29.3 Å². The van der Waals surface area contributed by atoms with Crippen LogP contribution in [0.4, 0.5) is 5.69 Å². The third-order valence-electron chi connectivity index (χ3n) is 4.43. The first-order chi connectivity index (χ1) is 14.6. The number of carbonyl (C=O) groups excluding carboxylic acids is 2. The minimum absolute atomic E-state index is 0.0722. The average Bonchev–Trinajstić information content (AvgIpc) is 3.45. The van der Waals surface area contributed by atoms with Gasteiger partial charge >= 0.3 is 0 Å². The summed E-state index contributed by atoms with van der Waals surface area (Å²) in [6.45, 7) is 0. The van der Waals surface area contributed by atoms with Crippen molar-refractivity contribution in [3.8, 4) is 17.2 Å². The van der Waals surface area contributed by atoms with Crippen LogP contribution in [-0.4, -0.2) is 40.9 Å². The van der Waals surface area contributed by atoms with E-state index in [-0.39, 0.29) is 28.8 Å². The highest BCUT2D eigenvalue weighted by molar-refractivity contribution is 7.99. The Morgan fingerprint density at radius 1 is 1.13 bits per heavy atom. The highest BCUT2D eigenvalue weighted by Gasteiger charge is 2.25. The third-order valence-corrected chi connectivity index (χ3v) is 5.25. The van der Waals surface area contributed by atoms with Crippen LogP contribution in [0.1, 0.15) is 23.2 Å². The number of thioether (sulfide) groups is 1. The van der Waals surface area contributed by atoms with Gasteiger partial charge in [0.25, 0.3) is 11.1 Å². The van der Waals surface area contributed by atoms with E-state index >= 15 is 0 Å². The molecule has 0 spiro atoms. The quantitative estimate of drug-likeness (QED) is 0.534. The number of nitrogens with one attached hydrogen (secondary N) is 2. The molecular formula is C21H20N4O4S. The Morgan fingerprint density at radius 2 is 1.90 bits per heavy atom. The maximum Gasteiger partial charge on any atom is 0.277 e. The Balaban J connectivity index is 1.34. The lowest BCUT2D eigenvalue weighted by Crippen LogP contribution is -2.27. The Labute approximate surface area is 177 Å². The van der Waals surface area contributed by atoms with Crippen LogP contribution in [0.2, 0.25) is 0 Å². The minimum Gasteiger partial charge on any atom is -0.497 e. The van der Waals surface area contributed by atoms with Gasteiger partial charge in [0.05, 0.1) is 24.1 Å². The van der Waals surface area contributed by atoms with Gasteiger partial charge < -0.3 is 19.8 Å². The van der Waals surface area contributed by atoms with Crippen LogP contribution in [0.5, 0.6) is 5.75 Å². The molecule has 2 N–H and O–H groups in total. The molecule has 8 nitrogen and oxygen atoms in total. The molecule has 9 heteroatoms. The summed E-state index contributed by atoms with van der Waals surface area (Å²) in [7, 11) is 1.60. The van der Waals surface area contributed by atoms with E-state index in [1.165, 1.54) is 0 Å². The smallest absolute Gasteiger partial charge is 0.277 e. The Hall–Kier alpha value is -3.33. The molecule has 3 aromatic rings. The van der Waals surface area contributed by atoms with E-state index in [0.717, 1.165) is 35.9 Å². The van der Waals surface area contributed by atoms with Crippen molar-refractivity contribution < 1.29 is 18.7 Å². The zero-order valence-corrected chi connectivity index (χ0v) is 17.1. The van der Waals surface area contributed by atoms with Crippen molar-refractivity contribution in [1.29, 1.82) is 0 Å². The fourth-order valence-electron chi connectivity index (χ4n) is 2.71. The Bertz CT molecular complexity index is 1050. The molecule has 1 heterocycles. The molecule has 1 aliphatic carbocycles. The van der Waals surface area contributed by atoms with Crippen LogP contribution < -0.4 is 15.4 Å². The Morgan fingerprint density at radius 3 is 2.63 bits per heavy atom. The van der Waals surface area contributed by atoms with Gasteiger partial charge in [-0.05, 0) is 49.2 Å². The zero-order valence-electron chi connectivity index (χ0n) is 16.3. The van der Waals surface area contributed by atoms with E-state index in [1.807, 2.05) is 12.1 Å². The van der Waals surface area contributed by atoms with Crippen molar-refractivity contribution in [1.82, 2.24) is 15.5 Å². The van der Waals surface area contributed by atoms with E-state index in [4.69, 9.17) is 9.15 Å². The highest BCUT2D eigenvalue weighted by Crippen LogP contribution is 2.25. The lowest BCUT2D eigenvalue weighted by atomic mass is 10.1. The molecule has 30 heavy (non-hydrogen) atoms. The molecule has 1 aliphatic rings. The first-order valence-electron chi connectivity index (χ1n) is 9.43. The summed E-state index contributed by atoms with van der Waals surface area (Å²) in [6.07, 6.45) is 2.00. The summed E-state index contributed by atoms with van der Waals surface area (Å²) in [5.41, 5.74) is 1.68. The fraction of sp³-hybridized carbons (Fsp3) is 0.238. The van der Waals surface area contributed by atoms with Crippen LogP contribution in [-0.2, 0) is 4.79 Å². The number of nitrogens with zero attached hydrogens (tertiary/aromatic N) is 2. The molecule has 1 saturated carbocycles. The van der Waals surface area contributed by atoms with Gasteiger partial charge in [-0.1, -0.05) is 23.9 Å². The van der Waals surface area contributed by atoms with Crippen LogP contribution in [0.15, 0.2) is 58.2 Å². The molecule has 0 unspecified atom stereocenters. The summed E-state index contributed by atoms with van der Waals surface area (Å²) in [6, 6.07) is 14.4. The van der Waals surface area contributed by atoms with Gasteiger partial charge in [-0.3, -0.25) is 9.59 Å². The number of methoxy groups -OCH3 is 1. The van der Waals surface area contributed by atoms with Crippen molar-refractivity contribution in [3.05, 3.63) is 54.1 Å². The number of benzene rings is 2. The molecule has 4 rings (SSSR count). The third kappa shape index (κ3) is 4.98. The number of hydrogen-bond acceptors (Lipinski definition) is 7. The number of amides is 2. The van der Waals surface area contributed by atoms with Gasteiger partial charge in [0, 0.05) is 11.6 Å². The van der Waals surface area contributed by atoms with Crippen molar-refractivity contribution in [3.63, 3.8) is 0 Å². The summed E-state index contributed by atoms with van der Waals surface area (Å²) in [5, 5.41) is 14.0. The molecule has 0 aliphatic heterocycles. The fourth-order valence-corrected chi connectivity index (χ4v) is 3.28. The second kappa shape index (κ2) is 9.00. The topological polar surface area (TPSA) is 106 Å². The highest BCUT2D eigenvalue weighted by atomic mass is 32.2. The van der Waals surface area contributed by atoms with Gasteiger partial charge in [-0.25, -0.2) is 0 Å². The minimum atomic E-state index is -0.268. The molecular weight excluding hydrogens is 404 g/mol. The van der Waals surface area contributed by atoms with Crippen molar-refractivity contribution in [2.45, 2.75) is 24.1 Å². The predicted molar refractivity (Wildman–Crippen MR) is 113 cm³/mol. The van der Waals surface area contributed by atoms with Gasteiger partial charge in [0.15, 0.2) is 0 Å². The zero-order chi connectivity index (χ0) is 20.9. The van der Waals surface area contributed by atoms with Crippen LogP contribution >= 0.6 is 11.8 Å². The van der Waals surface area contributed by atoms with E-state index < -0.39 is 0 Å². The number of para-hydroxylation sites is 1. The lowest BCUT2D eigenvalue weighted by Gasteiger charge is -2.10. The number of carbonyl (C=O) groups is 2. The molecule has 0 atom stereocenters. The first-order valence-corrected chi connectivity index (χ1v) is 10.4. The molecule has 154 valence electrons. The van der Waals surface area contributed by atoms with Crippen molar-refractivity contribution in [2.24, 2.45) is 0 Å². The summed E-state index contributed by atoms with van der Waals surface area (Å²) >= 11 is 1.13. The van der Waals surface area contributed by atoms with Gasteiger partial charge in [0.1, 0.15) is 5.75 Å². The van der Waals surface area contributed by atoms with Crippen LogP contribution in [0.3, 0.4) is 0 Å². The van der Waals surface area contributed by atoms with E-state index in [1.54, 1.807) is 43.5 Å². The maximum absolute atomic E-state index is 12.4. The second-order valence-electron chi connectivity index (χ2n) is 6.73. The first kappa shape index (κ1) is 20.0. The second-order valence-corrected chi connectivity index (χ2v) is 7.66. The van der Waals surface area contributed by atoms with E-state index in [2.05, 4.69) is 20.8 Å². The molecule has 0 bridgehead atoms. The number of ether oxygens (including phenoxy) is 1. The van der Waals surface area contributed by atoms with Crippen LogP contribution in [0.25, 0.3) is 11.5 Å². The standard InChI is InChI=1S/C21H20N4O4S/c1-28-15-10-6-13(7-11-15)20-24-25-21(29-20)30-12-18(26)23-17-5-3-2-4-16(17)19(27)22-14-8-9-14/h2-7,10-11,14H,8-9,12H2,1H3,(H,22,27)(H,23,26). The number of anilines is 1. The summed E-state index contributed by atoms with van der Waals surface area (Å²) in [4.78, 5) is 24.7. The average molecular weight is 424 g/mol. The van der Waals surface area contributed by atoms with Gasteiger partial charge in [0.2, 0.25) is 11.8 Å². The Kier molecular flexibility index (Phi) is 5.99. The molecule has 0 radical (unpaired) electrons. The predicted octanol–water partition coefficient (Wildman–Crippen LogP) is 3.37. The molecule has 1 fully saturated rings. The van der Waals surface area contributed by atoms with Gasteiger partial charge in [-0.15, -0.1) is 10.2 Å². The molecule has 0 saturated heterocycles. The van der Waals surface area contributed by atoms with E-state index in [0.29, 0.717) is 17.1 Å². The van der Waals surface area contributed by atoms with E-state index in [9.17, 15) is 9.59 Å². The molecule has 1 aromatic heterocycles. The molecule has 2 aromatic carbocycles. The summed E-state index contributed by atoms with van der Waals surface area (Å²) in [5.74, 6) is 0.722. The summed E-state index contributed by atoms with van der Waals surface area (Å²) < 4.78 is 10.7. The largest absolute Gasteiger partial charge is 0.497 e. The van der Waals surface area contributed by atoms with Crippen LogP contribution in [0, 0.1) is 0 Å². The number of hydrogen-bond donors (Lipinski definition) is 2. The molecule has 2 amide bonds. The maximum atomic E-state index is 12.4. The monoisotopic (exact) mass is 424 g/mol. The van der Waals surface area contributed by atoms with Crippen molar-refractivity contribution in [2.75, 3.05) is 18.2 Å². The number of rotatable bonds is 8. The lowest BCUT2D eigenvalue weighted by molar-refractivity contribution is -0.113. The number of aromatic nitrogens is 2. The van der Waals surface area contributed by atoms with Gasteiger partial charge in [-0.2, -0.15) is 0 Å². The normalized spacial score (nSPS) is 13.0.